The summed E-state index contributed by atoms with van der Waals surface area (Å²) in [6.45, 7) is -2.83. The van der Waals surface area contributed by atoms with E-state index in [0.717, 1.165) is 11.3 Å². The summed E-state index contributed by atoms with van der Waals surface area (Å²) in [6.07, 6.45) is 1.42. The summed E-state index contributed by atoms with van der Waals surface area (Å²) in [5, 5.41) is 6.91. The first kappa shape index (κ1) is 10.7. The van der Waals surface area contributed by atoms with Crippen molar-refractivity contribution in [1.82, 2.24) is 19.8 Å². The van der Waals surface area contributed by atoms with Crippen molar-refractivity contribution in [2.45, 2.75) is 6.61 Å². The van der Waals surface area contributed by atoms with Gasteiger partial charge in [-0.25, -0.2) is 4.98 Å². The number of H-pyrrole nitrogens is 1. The van der Waals surface area contributed by atoms with Crippen molar-refractivity contribution in [1.29, 1.82) is 0 Å². The molecule has 0 saturated heterocycles. The summed E-state index contributed by atoms with van der Waals surface area (Å²) in [5.41, 5.74) is 2.11. The van der Waals surface area contributed by atoms with E-state index < -0.39 is 6.61 Å². The van der Waals surface area contributed by atoms with Crippen LogP contribution in [0.5, 0.6) is 5.75 Å². The van der Waals surface area contributed by atoms with Crippen LogP contribution < -0.4 is 4.74 Å². The average molecular weight is 250 g/mol. The molecule has 0 spiro atoms. The molecular formula is C11H8F2N4O. The molecule has 18 heavy (non-hydrogen) atoms. The number of aromatic amines is 1. The number of nitrogens with one attached hydrogen (secondary N) is 1. The smallest absolute Gasteiger partial charge is 0.387 e. The van der Waals surface area contributed by atoms with Gasteiger partial charge in [0.1, 0.15) is 12.1 Å². The molecule has 0 amide bonds. The molecule has 92 valence electrons. The standard InChI is InChI=1S/C11H8F2N4O/c12-11(13)18-8-3-1-2-7(4-8)9-5-10-14-6-15-17(10)16-9/h1-6,11,16H. The van der Waals surface area contributed by atoms with Crippen LogP contribution >= 0.6 is 0 Å². The Bertz CT molecular complexity index is 648. The van der Waals surface area contributed by atoms with Crippen molar-refractivity contribution in [3.05, 3.63) is 36.7 Å². The Morgan fingerprint density at radius 3 is 2.94 bits per heavy atom. The minimum Gasteiger partial charge on any atom is -0.435 e. The normalized spacial score (nSPS) is 11.3. The lowest BCUT2D eigenvalue weighted by molar-refractivity contribution is -0.0498. The Morgan fingerprint density at radius 1 is 1.28 bits per heavy atom. The molecule has 0 radical (unpaired) electrons. The number of fused-ring (bicyclic) bond motifs is 1. The Hall–Kier alpha value is -2.44. The zero-order chi connectivity index (χ0) is 12.5. The number of benzene rings is 1. The minimum absolute atomic E-state index is 0.114. The molecule has 2 heterocycles. The van der Waals surface area contributed by atoms with Crippen molar-refractivity contribution in [2.75, 3.05) is 0 Å². The predicted molar refractivity (Wildman–Crippen MR) is 59.4 cm³/mol. The molecule has 5 nitrogen and oxygen atoms in total. The number of rotatable bonds is 3. The highest BCUT2D eigenvalue weighted by Crippen LogP contribution is 2.24. The Morgan fingerprint density at radius 2 is 2.17 bits per heavy atom. The zero-order valence-corrected chi connectivity index (χ0v) is 9.05. The second kappa shape index (κ2) is 4.10. The van der Waals surface area contributed by atoms with Crippen LogP contribution in [-0.2, 0) is 0 Å². The molecule has 0 unspecified atom stereocenters. The SMILES string of the molecule is FC(F)Oc1cccc(-c2cc3ncnn3[nH]2)c1. The molecule has 3 aromatic rings. The van der Waals surface area contributed by atoms with Crippen LogP contribution in [-0.4, -0.2) is 26.4 Å². The highest BCUT2D eigenvalue weighted by Gasteiger charge is 2.08. The van der Waals surface area contributed by atoms with E-state index >= 15 is 0 Å². The van der Waals surface area contributed by atoms with Crippen LogP contribution in [0.1, 0.15) is 0 Å². The van der Waals surface area contributed by atoms with Crippen LogP contribution in [0.2, 0.25) is 0 Å². The first-order valence-electron chi connectivity index (χ1n) is 5.16. The van der Waals surface area contributed by atoms with Gasteiger partial charge in [-0.15, -0.1) is 5.10 Å². The molecule has 0 bridgehead atoms. The highest BCUT2D eigenvalue weighted by molar-refractivity contribution is 5.65. The summed E-state index contributed by atoms with van der Waals surface area (Å²) in [7, 11) is 0. The monoisotopic (exact) mass is 250 g/mol. The van der Waals surface area contributed by atoms with Crippen LogP contribution in [0, 0.1) is 0 Å². The summed E-state index contributed by atoms with van der Waals surface area (Å²) in [6, 6.07) is 8.20. The van der Waals surface area contributed by atoms with Crippen molar-refractivity contribution in [3.8, 4) is 17.0 Å². The van der Waals surface area contributed by atoms with E-state index in [1.54, 1.807) is 18.2 Å². The number of alkyl halides is 2. The summed E-state index contributed by atoms with van der Waals surface area (Å²) >= 11 is 0. The van der Waals surface area contributed by atoms with Gasteiger partial charge in [-0.3, -0.25) is 5.10 Å². The molecule has 0 aliphatic rings. The fourth-order valence-electron chi connectivity index (χ4n) is 1.70. The van der Waals surface area contributed by atoms with Crippen LogP contribution in [0.4, 0.5) is 8.78 Å². The van der Waals surface area contributed by atoms with E-state index in [-0.39, 0.29) is 5.75 Å². The molecule has 0 fully saturated rings. The third-order valence-electron chi connectivity index (χ3n) is 2.44. The van der Waals surface area contributed by atoms with E-state index in [9.17, 15) is 8.78 Å². The molecule has 1 N–H and O–H groups in total. The third kappa shape index (κ3) is 1.90. The van der Waals surface area contributed by atoms with Crippen LogP contribution in [0.15, 0.2) is 36.7 Å². The lowest BCUT2D eigenvalue weighted by atomic mass is 10.1. The van der Waals surface area contributed by atoms with Crippen molar-refractivity contribution in [3.63, 3.8) is 0 Å². The van der Waals surface area contributed by atoms with Gasteiger partial charge >= 0.3 is 6.61 Å². The van der Waals surface area contributed by atoms with Gasteiger partial charge in [-0.2, -0.15) is 13.4 Å². The highest BCUT2D eigenvalue weighted by atomic mass is 19.3. The van der Waals surface area contributed by atoms with Crippen molar-refractivity contribution in [2.24, 2.45) is 0 Å². The maximum Gasteiger partial charge on any atom is 0.387 e. The molecule has 7 heteroatoms. The fraction of sp³-hybridized carbons (Fsp3) is 0.0909. The van der Waals surface area contributed by atoms with Gasteiger partial charge in [-0.1, -0.05) is 12.1 Å². The van der Waals surface area contributed by atoms with Crippen molar-refractivity contribution >= 4 is 5.65 Å². The Kier molecular flexibility index (Phi) is 2.44. The summed E-state index contributed by atoms with van der Waals surface area (Å²) < 4.78 is 30.1. The van der Waals surface area contributed by atoms with Gasteiger partial charge < -0.3 is 4.74 Å². The second-order valence-electron chi connectivity index (χ2n) is 3.61. The lowest BCUT2D eigenvalue weighted by Crippen LogP contribution is -2.01. The van der Waals surface area contributed by atoms with Gasteiger partial charge in [0.05, 0.1) is 5.69 Å². The van der Waals surface area contributed by atoms with Crippen molar-refractivity contribution < 1.29 is 13.5 Å². The van der Waals surface area contributed by atoms with E-state index in [4.69, 9.17) is 0 Å². The molecule has 2 aromatic heterocycles. The molecule has 0 atom stereocenters. The zero-order valence-electron chi connectivity index (χ0n) is 9.05. The average Bonchev–Trinajstić information content (AvgIpc) is 2.88. The molecule has 0 aliphatic heterocycles. The number of hydrogen-bond donors (Lipinski definition) is 1. The van der Waals surface area contributed by atoms with Gasteiger partial charge in [-0.05, 0) is 12.1 Å². The molecular weight excluding hydrogens is 242 g/mol. The number of hydrogen-bond acceptors (Lipinski definition) is 3. The minimum atomic E-state index is -2.83. The van der Waals surface area contributed by atoms with Gasteiger partial charge in [0.15, 0.2) is 5.65 Å². The summed E-state index contributed by atoms with van der Waals surface area (Å²) in [4.78, 5) is 4.01. The van der Waals surface area contributed by atoms with Crippen LogP contribution in [0.25, 0.3) is 16.9 Å². The number of aromatic nitrogens is 4. The second-order valence-corrected chi connectivity index (χ2v) is 3.61. The van der Waals surface area contributed by atoms with Gasteiger partial charge in [0.25, 0.3) is 0 Å². The first-order chi connectivity index (χ1) is 8.72. The predicted octanol–water partition coefficient (Wildman–Crippen LogP) is 2.33. The van der Waals surface area contributed by atoms with Crippen LogP contribution in [0.3, 0.4) is 0 Å². The molecule has 3 rings (SSSR count). The molecule has 0 aliphatic carbocycles. The number of halogens is 2. The van der Waals surface area contributed by atoms with Gasteiger partial charge in [0, 0.05) is 11.6 Å². The Balaban J connectivity index is 1.98. The largest absolute Gasteiger partial charge is 0.435 e. The lowest BCUT2D eigenvalue weighted by Gasteiger charge is -2.05. The number of ether oxygens (including phenoxy) is 1. The fourth-order valence-corrected chi connectivity index (χ4v) is 1.70. The van der Waals surface area contributed by atoms with E-state index in [2.05, 4.69) is 19.9 Å². The quantitative estimate of drug-likeness (QED) is 0.776. The molecule has 1 aromatic carbocycles. The topological polar surface area (TPSA) is 55.2 Å². The first-order valence-corrected chi connectivity index (χ1v) is 5.16. The van der Waals surface area contributed by atoms with E-state index in [1.165, 1.54) is 23.1 Å². The van der Waals surface area contributed by atoms with E-state index in [0.29, 0.717) is 5.65 Å². The van der Waals surface area contributed by atoms with Gasteiger partial charge in [0.2, 0.25) is 0 Å². The maximum atomic E-state index is 12.1. The Labute approximate surface area is 100 Å². The maximum absolute atomic E-state index is 12.1. The molecule has 0 saturated carbocycles. The third-order valence-corrected chi connectivity index (χ3v) is 2.44. The summed E-state index contributed by atoms with van der Waals surface area (Å²) in [5.74, 6) is 0.114. The van der Waals surface area contributed by atoms with E-state index in [1.807, 2.05) is 0 Å². The number of nitrogens with zero attached hydrogens (tertiary/aromatic N) is 3.